The van der Waals surface area contributed by atoms with Crippen LogP contribution in [0.1, 0.15) is 43.7 Å². The third-order valence-electron chi connectivity index (χ3n) is 4.06. The Morgan fingerprint density at radius 3 is 2.63 bits per heavy atom. The van der Waals surface area contributed by atoms with Gasteiger partial charge >= 0.3 is 0 Å². The monoisotopic (exact) mass is 267 g/mol. The molecule has 2 atom stereocenters. The number of nitrogens with two attached hydrogens (primary N) is 1. The highest BCUT2D eigenvalue weighted by atomic mass is 19.1. The predicted molar refractivity (Wildman–Crippen MR) is 72.5 cm³/mol. The van der Waals surface area contributed by atoms with Crippen LogP contribution in [0, 0.1) is 11.7 Å². The Balaban J connectivity index is 2.15. The average molecular weight is 267 g/mol. The van der Waals surface area contributed by atoms with E-state index in [1.54, 1.807) is 6.07 Å². The number of benzene rings is 1. The number of methoxy groups -OCH3 is 1. The summed E-state index contributed by atoms with van der Waals surface area (Å²) in [5.41, 5.74) is 6.81. The minimum atomic E-state index is -0.598. The van der Waals surface area contributed by atoms with Crippen LogP contribution in [0.3, 0.4) is 0 Å². The lowest BCUT2D eigenvalue weighted by Crippen LogP contribution is -2.34. The maximum Gasteiger partial charge on any atom is 0.126 e. The summed E-state index contributed by atoms with van der Waals surface area (Å²) in [6.07, 6.45) is 4.96. The molecule has 0 unspecified atom stereocenters. The molecular formula is C15H22FNO2. The predicted octanol–water partition coefficient (Wildman–Crippen LogP) is 2.78. The van der Waals surface area contributed by atoms with Gasteiger partial charge in [-0.05, 0) is 24.8 Å². The molecule has 0 spiro atoms. The van der Waals surface area contributed by atoms with E-state index >= 15 is 0 Å². The van der Waals surface area contributed by atoms with Crippen LogP contribution in [0.25, 0.3) is 0 Å². The molecule has 1 aliphatic rings. The van der Waals surface area contributed by atoms with Gasteiger partial charge in [-0.25, -0.2) is 4.39 Å². The Kier molecular flexibility index (Phi) is 4.77. The lowest BCUT2D eigenvalue weighted by Gasteiger charge is -2.31. The molecule has 3 N–H and O–H groups in total. The molecule has 2 rings (SSSR count). The van der Waals surface area contributed by atoms with Crippen LogP contribution in [0.4, 0.5) is 4.39 Å². The molecule has 0 amide bonds. The molecule has 3 nitrogen and oxygen atoms in total. The molecule has 0 bridgehead atoms. The number of hydrogen-bond acceptors (Lipinski definition) is 3. The van der Waals surface area contributed by atoms with Crippen LogP contribution < -0.4 is 10.5 Å². The average Bonchev–Trinajstić information content (AvgIpc) is 2.46. The Morgan fingerprint density at radius 1 is 1.32 bits per heavy atom. The molecule has 0 heterocycles. The zero-order valence-electron chi connectivity index (χ0n) is 11.3. The van der Waals surface area contributed by atoms with Crippen molar-refractivity contribution in [2.75, 3.05) is 7.11 Å². The lowest BCUT2D eigenvalue weighted by atomic mass is 9.81. The maximum absolute atomic E-state index is 13.2. The van der Waals surface area contributed by atoms with E-state index in [0.717, 1.165) is 25.7 Å². The number of aliphatic hydroxyl groups excluding tert-OH is 1. The van der Waals surface area contributed by atoms with E-state index in [9.17, 15) is 9.50 Å². The van der Waals surface area contributed by atoms with E-state index in [1.165, 1.54) is 25.7 Å². The summed E-state index contributed by atoms with van der Waals surface area (Å²) in [5, 5.41) is 10.4. The van der Waals surface area contributed by atoms with Gasteiger partial charge in [0.15, 0.2) is 0 Å². The van der Waals surface area contributed by atoms with Gasteiger partial charge in [0, 0.05) is 11.6 Å². The summed E-state index contributed by atoms with van der Waals surface area (Å²) < 4.78 is 18.3. The molecule has 0 saturated heterocycles. The molecule has 1 aromatic carbocycles. The fraction of sp³-hybridized carbons (Fsp3) is 0.600. The Bertz CT molecular complexity index is 419. The van der Waals surface area contributed by atoms with Crippen molar-refractivity contribution in [3.05, 3.63) is 29.6 Å². The SMILES string of the molecule is COc1cc(F)ccc1[C@H](N)[C@H](O)C1CCCCC1. The van der Waals surface area contributed by atoms with Crippen LogP contribution in [-0.2, 0) is 0 Å². The molecule has 1 fully saturated rings. The largest absolute Gasteiger partial charge is 0.496 e. The minimum absolute atomic E-state index is 0.235. The van der Waals surface area contributed by atoms with Crippen LogP contribution in [-0.4, -0.2) is 18.3 Å². The minimum Gasteiger partial charge on any atom is -0.496 e. The van der Waals surface area contributed by atoms with Crippen molar-refractivity contribution < 1.29 is 14.2 Å². The quantitative estimate of drug-likeness (QED) is 0.882. The maximum atomic E-state index is 13.2. The smallest absolute Gasteiger partial charge is 0.126 e. The van der Waals surface area contributed by atoms with Gasteiger partial charge in [-0.3, -0.25) is 0 Å². The van der Waals surface area contributed by atoms with E-state index in [2.05, 4.69) is 0 Å². The van der Waals surface area contributed by atoms with E-state index in [-0.39, 0.29) is 11.7 Å². The molecular weight excluding hydrogens is 245 g/mol. The highest BCUT2D eigenvalue weighted by Gasteiger charge is 2.29. The topological polar surface area (TPSA) is 55.5 Å². The molecule has 0 aliphatic heterocycles. The van der Waals surface area contributed by atoms with Crippen LogP contribution in [0.5, 0.6) is 5.75 Å². The third-order valence-corrected chi connectivity index (χ3v) is 4.06. The van der Waals surface area contributed by atoms with E-state index in [4.69, 9.17) is 10.5 Å². The molecule has 106 valence electrons. The van der Waals surface area contributed by atoms with Gasteiger partial charge in [0.1, 0.15) is 11.6 Å². The number of ether oxygens (including phenoxy) is 1. The van der Waals surface area contributed by atoms with Gasteiger partial charge in [-0.15, -0.1) is 0 Å². The highest BCUT2D eigenvalue weighted by molar-refractivity contribution is 5.37. The molecule has 1 aliphatic carbocycles. The summed E-state index contributed by atoms with van der Waals surface area (Å²) in [7, 11) is 1.48. The molecule has 1 aromatic rings. The van der Waals surface area contributed by atoms with Gasteiger partial charge in [-0.2, -0.15) is 0 Å². The van der Waals surface area contributed by atoms with E-state index in [0.29, 0.717) is 11.3 Å². The van der Waals surface area contributed by atoms with Crippen LogP contribution >= 0.6 is 0 Å². The van der Waals surface area contributed by atoms with Gasteiger partial charge in [0.25, 0.3) is 0 Å². The number of rotatable bonds is 4. The zero-order chi connectivity index (χ0) is 13.8. The number of aliphatic hydroxyl groups is 1. The van der Waals surface area contributed by atoms with Crippen molar-refractivity contribution >= 4 is 0 Å². The first-order valence-corrected chi connectivity index (χ1v) is 6.90. The lowest BCUT2D eigenvalue weighted by molar-refractivity contribution is 0.0610. The highest BCUT2D eigenvalue weighted by Crippen LogP contribution is 2.34. The molecule has 0 radical (unpaired) electrons. The molecule has 19 heavy (non-hydrogen) atoms. The third kappa shape index (κ3) is 3.25. The first-order chi connectivity index (χ1) is 9.13. The zero-order valence-corrected chi connectivity index (χ0v) is 11.3. The summed E-state index contributed by atoms with van der Waals surface area (Å²) in [4.78, 5) is 0. The first-order valence-electron chi connectivity index (χ1n) is 6.90. The standard InChI is InChI=1S/C15H22FNO2/c1-19-13-9-11(16)7-8-12(13)14(17)15(18)10-5-3-2-4-6-10/h7-10,14-15,18H,2-6,17H2,1H3/t14-,15+/m0/s1. The molecule has 0 aromatic heterocycles. The van der Waals surface area contributed by atoms with Gasteiger partial charge in [-0.1, -0.05) is 25.3 Å². The number of hydrogen-bond donors (Lipinski definition) is 2. The van der Waals surface area contributed by atoms with E-state index < -0.39 is 12.1 Å². The van der Waals surface area contributed by atoms with Gasteiger partial charge < -0.3 is 15.6 Å². The second-order valence-corrected chi connectivity index (χ2v) is 5.30. The van der Waals surface area contributed by atoms with Crippen molar-refractivity contribution in [1.29, 1.82) is 0 Å². The van der Waals surface area contributed by atoms with Gasteiger partial charge in [0.2, 0.25) is 0 Å². The van der Waals surface area contributed by atoms with Crippen molar-refractivity contribution in [2.24, 2.45) is 11.7 Å². The Labute approximate surface area is 113 Å². The van der Waals surface area contributed by atoms with Crippen molar-refractivity contribution in [1.82, 2.24) is 0 Å². The first kappa shape index (κ1) is 14.3. The van der Waals surface area contributed by atoms with Crippen LogP contribution in [0.15, 0.2) is 18.2 Å². The van der Waals surface area contributed by atoms with Crippen LogP contribution in [0.2, 0.25) is 0 Å². The normalized spacial score (nSPS) is 20.0. The fourth-order valence-electron chi connectivity index (χ4n) is 2.91. The second kappa shape index (κ2) is 6.35. The summed E-state index contributed by atoms with van der Waals surface area (Å²) in [5.74, 6) is 0.279. The Hall–Kier alpha value is -1.13. The summed E-state index contributed by atoms with van der Waals surface area (Å²) in [6.45, 7) is 0. The molecule has 4 heteroatoms. The number of halogens is 1. The summed E-state index contributed by atoms with van der Waals surface area (Å²) in [6, 6.07) is 3.73. The Morgan fingerprint density at radius 2 is 2.00 bits per heavy atom. The summed E-state index contributed by atoms with van der Waals surface area (Å²) >= 11 is 0. The van der Waals surface area contributed by atoms with E-state index in [1.807, 2.05) is 0 Å². The fourth-order valence-corrected chi connectivity index (χ4v) is 2.91. The molecule has 1 saturated carbocycles. The second-order valence-electron chi connectivity index (χ2n) is 5.30. The van der Waals surface area contributed by atoms with Crippen molar-refractivity contribution in [3.63, 3.8) is 0 Å². The van der Waals surface area contributed by atoms with Crippen molar-refractivity contribution in [2.45, 2.75) is 44.2 Å². The van der Waals surface area contributed by atoms with Gasteiger partial charge in [0.05, 0.1) is 19.3 Å². The van der Waals surface area contributed by atoms with Crippen molar-refractivity contribution in [3.8, 4) is 5.75 Å².